The molecule has 0 aliphatic carbocycles. The van der Waals surface area contributed by atoms with E-state index in [1.165, 1.54) is 16.2 Å². The van der Waals surface area contributed by atoms with E-state index in [2.05, 4.69) is 15.0 Å². The fraction of sp³-hybridized carbons (Fsp3) is 0.344. The number of unbranched alkanes of at least 4 members (excludes halogenated alkanes) is 2. The van der Waals surface area contributed by atoms with Gasteiger partial charge in [0.1, 0.15) is 0 Å². The van der Waals surface area contributed by atoms with E-state index in [0.717, 1.165) is 17.5 Å². The molecule has 10 nitrogen and oxygen atoms in total. The maximum absolute atomic E-state index is 13.5. The zero-order valence-corrected chi connectivity index (χ0v) is 27.3. The van der Waals surface area contributed by atoms with E-state index in [4.69, 9.17) is 0 Å². The smallest absolute Gasteiger partial charge is 0.407 e. The minimum Gasteiger partial charge on any atom is -0.465 e. The molecule has 234 valence electrons. The van der Waals surface area contributed by atoms with Gasteiger partial charge in [-0.1, -0.05) is 42.8 Å². The van der Waals surface area contributed by atoms with Crippen LogP contribution < -0.4 is 14.9 Å². The van der Waals surface area contributed by atoms with Gasteiger partial charge in [-0.2, -0.15) is 0 Å². The van der Waals surface area contributed by atoms with Gasteiger partial charge < -0.3 is 20.2 Å². The lowest BCUT2D eigenvalue weighted by Gasteiger charge is -2.33. The number of fused-ring (bicyclic) bond motifs is 1. The molecule has 12 heteroatoms. The molecule has 0 fully saturated rings. The summed E-state index contributed by atoms with van der Waals surface area (Å²) in [4.78, 5) is 32.0. The van der Waals surface area contributed by atoms with E-state index < -0.39 is 21.7 Å². The minimum absolute atomic E-state index is 0.161. The van der Waals surface area contributed by atoms with Gasteiger partial charge in [0.05, 0.1) is 10.6 Å². The Hall–Kier alpha value is -4.16. The Morgan fingerprint density at radius 3 is 2.36 bits per heavy atom. The monoisotopic (exact) mass is 637 g/mol. The molecule has 0 unspecified atom stereocenters. The third kappa shape index (κ3) is 8.06. The zero-order chi connectivity index (χ0) is 32.1. The fourth-order valence-corrected chi connectivity index (χ4v) is 6.95. The molecule has 0 saturated carbocycles. The number of anilines is 3. The van der Waals surface area contributed by atoms with Crippen LogP contribution in [0, 0.1) is 0 Å². The van der Waals surface area contributed by atoms with Crippen LogP contribution in [0.5, 0.6) is 0 Å². The highest BCUT2D eigenvalue weighted by atomic mass is 32.2. The number of carbonyl (C=O) groups is 2. The number of nitrogens with one attached hydrogen (secondary N) is 2. The zero-order valence-electron chi connectivity index (χ0n) is 25.6. The van der Waals surface area contributed by atoms with Crippen molar-refractivity contribution in [1.82, 2.24) is 9.88 Å². The van der Waals surface area contributed by atoms with Crippen molar-refractivity contribution in [3.63, 3.8) is 0 Å². The first kappa shape index (κ1) is 32.7. The number of carbonyl (C=O) groups excluding carboxylic acids is 1. The molecule has 4 rings (SSSR count). The summed E-state index contributed by atoms with van der Waals surface area (Å²) in [6.07, 6.45) is 1.40. The summed E-state index contributed by atoms with van der Waals surface area (Å²) in [6.45, 7) is 6.00. The van der Waals surface area contributed by atoms with Crippen LogP contribution in [0.4, 0.5) is 21.3 Å². The van der Waals surface area contributed by atoms with E-state index in [0.29, 0.717) is 53.3 Å². The predicted octanol–water partition coefficient (Wildman–Crippen LogP) is 7.11. The van der Waals surface area contributed by atoms with Crippen LogP contribution in [0.1, 0.15) is 46.5 Å². The Bertz CT molecular complexity index is 1750. The average Bonchev–Trinajstić information content (AvgIpc) is 3.41. The summed E-state index contributed by atoms with van der Waals surface area (Å²) in [5.74, 6) is -0.161. The standard InChI is InChI=1S/C32H39N5O5S2/c1-32(2,3)37(31(39)40)19-8-6-7-18-29(38)34-30-33-26(21-43-30)22-12-9-13-23(20-22)35-44(41,42)28-17-11-14-24-25(28)15-10-16-27(24)36(4)5/h9-17,20-21,35H,6-8,18-19H2,1-5H3,(H,39,40)(H,33,34,38). The van der Waals surface area contributed by atoms with Gasteiger partial charge in [0.2, 0.25) is 5.91 Å². The normalized spacial score (nSPS) is 11.8. The highest BCUT2D eigenvalue weighted by molar-refractivity contribution is 7.93. The van der Waals surface area contributed by atoms with E-state index >= 15 is 0 Å². The van der Waals surface area contributed by atoms with Crippen LogP contribution in [-0.4, -0.2) is 61.6 Å². The van der Waals surface area contributed by atoms with Gasteiger partial charge in [0, 0.05) is 65.7 Å². The number of carboxylic acid groups (broad SMARTS) is 1. The lowest BCUT2D eigenvalue weighted by molar-refractivity contribution is -0.116. The Labute approximate surface area is 262 Å². The maximum Gasteiger partial charge on any atom is 0.407 e. The van der Waals surface area contributed by atoms with Gasteiger partial charge in [-0.15, -0.1) is 11.3 Å². The molecule has 3 N–H and O–H groups in total. The second kappa shape index (κ2) is 13.6. The molecule has 0 bridgehead atoms. The number of thiazole rings is 1. The van der Waals surface area contributed by atoms with Gasteiger partial charge in [-0.25, -0.2) is 18.2 Å². The van der Waals surface area contributed by atoms with Gasteiger partial charge in [0.25, 0.3) is 10.0 Å². The molecular weight excluding hydrogens is 599 g/mol. The molecule has 0 radical (unpaired) electrons. The SMILES string of the molecule is CN(C)c1cccc2c(S(=O)(=O)Nc3cccc(-c4csc(NC(=O)CCCCCN(C(=O)O)C(C)(C)C)n4)c3)cccc12. The van der Waals surface area contributed by atoms with Crippen molar-refractivity contribution in [2.24, 2.45) is 0 Å². The number of hydrogen-bond acceptors (Lipinski definition) is 7. The van der Waals surface area contributed by atoms with Crippen molar-refractivity contribution in [3.05, 3.63) is 66.0 Å². The van der Waals surface area contributed by atoms with Crippen molar-refractivity contribution in [2.45, 2.75) is 56.9 Å². The first-order valence-corrected chi connectivity index (χ1v) is 16.7. The van der Waals surface area contributed by atoms with Gasteiger partial charge in [-0.3, -0.25) is 9.52 Å². The Balaban J connectivity index is 1.37. The lowest BCUT2D eigenvalue weighted by Crippen LogP contribution is -2.45. The van der Waals surface area contributed by atoms with Gasteiger partial charge in [-0.05, 0) is 57.9 Å². The highest BCUT2D eigenvalue weighted by Gasteiger charge is 2.25. The number of hydrogen-bond donors (Lipinski definition) is 3. The highest BCUT2D eigenvalue weighted by Crippen LogP contribution is 2.32. The third-order valence-electron chi connectivity index (χ3n) is 7.12. The number of amides is 2. The summed E-state index contributed by atoms with van der Waals surface area (Å²) in [7, 11) is -0.0576. The molecule has 2 amide bonds. The summed E-state index contributed by atoms with van der Waals surface area (Å²) in [5, 5.41) is 16.0. The van der Waals surface area contributed by atoms with Crippen molar-refractivity contribution in [1.29, 1.82) is 0 Å². The number of nitrogens with zero attached hydrogens (tertiary/aromatic N) is 3. The Kier molecular flexibility index (Phi) is 10.2. The number of sulfonamides is 1. The van der Waals surface area contributed by atoms with Gasteiger partial charge in [0.15, 0.2) is 5.13 Å². The number of aromatic nitrogens is 1. The largest absolute Gasteiger partial charge is 0.465 e. The van der Waals surface area contributed by atoms with Crippen LogP contribution in [0.15, 0.2) is 70.9 Å². The van der Waals surface area contributed by atoms with Crippen LogP contribution >= 0.6 is 11.3 Å². The van der Waals surface area contributed by atoms with Crippen molar-refractivity contribution >= 4 is 60.6 Å². The molecule has 44 heavy (non-hydrogen) atoms. The van der Waals surface area contributed by atoms with E-state index in [1.54, 1.807) is 36.4 Å². The molecule has 0 aliphatic rings. The van der Waals surface area contributed by atoms with Crippen molar-refractivity contribution in [2.75, 3.05) is 35.6 Å². The molecule has 1 aromatic heterocycles. The first-order valence-electron chi connectivity index (χ1n) is 14.3. The molecule has 3 aromatic carbocycles. The van der Waals surface area contributed by atoms with E-state index in [9.17, 15) is 23.1 Å². The lowest BCUT2D eigenvalue weighted by atomic mass is 10.1. The summed E-state index contributed by atoms with van der Waals surface area (Å²) < 4.78 is 29.7. The van der Waals surface area contributed by atoms with Gasteiger partial charge >= 0.3 is 6.09 Å². The van der Waals surface area contributed by atoms with Crippen molar-refractivity contribution < 1.29 is 23.1 Å². The Morgan fingerprint density at radius 1 is 0.955 bits per heavy atom. The molecule has 0 aliphatic heterocycles. The molecule has 0 saturated heterocycles. The second-order valence-corrected chi connectivity index (χ2v) is 14.2. The molecule has 0 atom stereocenters. The summed E-state index contributed by atoms with van der Waals surface area (Å²) in [6, 6.07) is 17.8. The maximum atomic E-state index is 13.5. The third-order valence-corrected chi connectivity index (χ3v) is 9.31. The quantitative estimate of drug-likeness (QED) is 0.141. The van der Waals surface area contributed by atoms with Crippen LogP contribution in [0.2, 0.25) is 0 Å². The van der Waals surface area contributed by atoms with Crippen LogP contribution in [-0.2, 0) is 14.8 Å². The summed E-state index contributed by atoms with van der Waals surface area (Å²) >= 11 is 1.29. The molecule has 4 aromatic rings. The first-order chi connectivity index (χ1) is 20.8. The van der Waals surface area contributed by atoms with E-state index in [-0.39, 0.29) is 10.8 Å². The molecular formula is C32H39N5O5S2. The average molecular weight is 638 g/mol. The molecule has 1 heterocycles. The molecule has 0 spiro atoms. The van der Waals surface area contributed by atoms with Crippen LogP contribution in [0.25, 0.3) is 22.0 Å². The number of benzene rings is 3. The summed E-state index contributed by atoms with van der Waals surface area (Å²) in [5.41, 5.74) is 2.17. The predicted molar refractivity (Wildman–Crippen MR) is 178 cm³/mol. The Morgan fingerprint density at radius 2 is 1.66 bits per heavy atom. The minimum atomic E-state index is -3.90. The van der Waals surface area contributed by atoms with Crippen LogP contribution in [0.3, 0.4) is 0 Å². The fourth-order valence-electron chi connectivity index (χ4n) is 4.94. The van der Waals surface area contributed by atoms with E-state index in [1.807, 2.05) is 69.4 Å². The topological polar surface area (TPSA) is 132 Å². The van der Waals surface area contributed by atoms with Crippen molar-refractivity contribution in [3.8, 4) is 11.3 Å². The number of rotatable bonds is 12. The second-order valence-electron chi connectivity index (χ2n) is 11.7.